The van der Waals surface area contributed by atoms with Crippen LogP contribution in [0.4, 0.5) is 0 Å². The highest BCUT2D eigenvalue weighted by atomic mass is 32.2. The lowest BCUT2D eigenvalue weighted by atomic mass is 9.97. The zero-order valence-electron chi connectivity index (χ0n) is 15.3. The van der Waals surface area contributed by atoms with Crippen LogP contribution in [-0.4, -0.2) is 49.8 Å². The molecule has 3 rings (SSSR count). The summed E-state index contributed by atoms with van der Waals surface area (Å²) in [6, 6.07) is 16.4. The van der Waals surface area contributed by atoms with Crippen molar-refractivity contribution in [1.29, 1.82) is 0 Å². The first-order valence-electron chi connectivity index (χ1n) is 9.22. The Morgan fingerprint density at radius 3 is 2.37 bits per heavy atom. The van der Waals surface area contributed by atoms with Gasteiger partial charge in [0.15, 0.2) is 9.84 Å². The Morgan fingerprint density at radius 1 is 1.04 bits per heavy atom. The van der Waals surface area contributed by atoms with Gasteiger partial charge in [0, 0.05) is 13.1 Å². The number of hydrogen-bond acceptors (Lipinski definition) is 4. The molecule has 1 atom stereocenters. The molecule has 5 nitrogen and oxygen atoms in total. The van der Waals surface area contributed by atoms with Crippen LogP contribution in [0, 0.1) is 5.92 Å². The Labute approximate surface area is 160 Å². The molecule has 0 radical (unpaired) electrons. The van der Waals surface area contributed by atoms with Crippen LogP contribution in [0.2, 0.25) is 0 Å². The fraction of sp³-hybridized carbons (Fsp3) is 0.381. The van der Waals surface area contributed by atoms with E-state index in [2.05, 4.69) is 4.90 Å². The van der Waals surface area contributed by atoms with Crippen molar-refractivity contribution in [2.24, 2.45) is 5.92 Å². The molecule has 0 aromatic heterocycles. The normalized spacial score (nSPS) is 17.9. The summed E-state index contributed by atoms with van der Waals surface area (Å²) >= 11 is 0. The number of nitrogens with zero attached hydrogens (tertiary/aromatic N) is 1. The third kappa shape index (κ3) is 5.65. The van der Waals surface area contributed by atoms with Crippen LogP contribution < -0.4 is 0 Å². The lowest BCUT2D eigenvalue weighted by Gasteiger charge is -2.16. The molecule has 1 aliphatic rings. The van der Waals surface area contributed by atoms with Crippen LogP contribution in [0.1, 0.15) is 17.5 Å². The van der Waals surface area contributed by atoms with Crippen LogP contribution in [0.15, 0.2) is 59.5 Å². The smallest absolute Gasteiger partial charge is 0.307 e. The van der Waals surface area contributed by atoms with E-state index in [0.29, 0.717) is 17.4 Å². The largest absolute Gasteiger partial charge is 0.481 e. The highest BCUT2D eigenvalue weighted by Gasteiger charge is 2.24. The summed E-state index contributed by atoms with van der Waals surface area (Å²) in [4.78, 5) is 13.4. The quantitative estimate of drug-likeness (QED) is 0.754. The molecular weight excluding hydrogens is 362 g/mol. The maximum Gasteiger partial charge on any atom is 0.307 e. The van der Waals surface area contributed by atoms with Crippen molar-refractivity contribution in [1.82, 2.24) is 4.90 Å². The molecule has 1 unspecified atom stereocenters. The molecule has 0 aliphatic carbocycles. The predicted molar refractivity (Wildman–Crippen MR) is 105 cm³/mol. The zero-order chi connectivity index (χ0) is 19.3. The lowest BCUT2D eigenvalue weighted by molar-refractivity contribution is -0.136. The van der Waals surface area contributed by atoms with E-state index in [1.54, 1.807) is 24.3 Å². The molecular formula is C21H25NO4S. The Morgan fingerprint density at radius 2 is 1.70 bits per heavy atom. The summed E-state index contributed by atoms with van der Waals surface area (Å²) in [6.45, 7) is 2.39. The van der Waals surface area contributed by atoms with E-state index in [9.17, 15) is 13.2 Å². The Kier molecular flexibility index (Phi) is 6.29. The molecule has 2 aromatic carbocycles. The van der Waals surface area contributed by atoms with Gasteiger partial charge >= 0.3 is 5.97 Å². The van der Waals surface area contributed by atoms with Crippen molar-refractivity contribution in [3.63, 3.8) is 0 Å². The zero-order valence-corrected chi connectivity index (χ0v) is 16.1. The van der Waals surface area contributed by atoms with Gasteiger partial charge in [0.2, 0.25) is 0 Å². The second-order valence-corrected chi connectivity index (χ2v) is 9.29. The molecule has 0 saturated carbocycles. The minimum absolute atomic E-state index is 0.0490. The standard InChI is InChI=1S/C21H25NO4S/c23-21(24)15-18-8-6-17(7-9-18)14-19-10-11-22(16-19)12-13-27(25,26)20-4-2-1-3-5-20/h1-9,19H,10-16H2,(H,23,24). The Bertz CT molecular complexity index is 863. The third-order valence-electron chi connectivity index (χ3n) is 5.05. The molecule has 1 fully saturated rings. The molecule has 0 amide bonds. The maximum absolute atomic E-state index is 12.4. The average Bonchev–Trinajstić information content (AvgIpc) is 3.10. The number of benzene rings is 2. The number of carbonyl (C=O) groups is 1. The fourth-order valence-electron chi connectivity index (χ4n) is 3.58. The maximum atomic E-state index is 12.4. The third-order valence-corrected chi connectivity index (χ3v) is 6.76. The molecule has 0 bridgehead atoms. The van der Waals surface area contributed by atoms with E-state index in [1.165, 1.54) is 5.56 Å². The second kappa shape index (κ2) is 8.67. The van der Waals surface area contributed by atoms with Gasteiger partial charge < -0.3 is 10.0 Å². The predicted octanol–water partition coefficient (Wildman–Crippen LogP) is 2.65. The van der Waals surface area contributed by atoms with Crippen molar-refractivity contribution >= 4 is 15.8 Å². The molecule has 1 heterocycles. The lowest BCUT2D eigenvalue weighted by Crippen LogP contribution is -2.27. The van der Waals surface area contributed by atoms with E-state index in [-0.39, 0.29) is 12.2 Å². The minimum atomic E-state index is -3.23. The van der Waals surface area contributed by atoms with Gasteiger partial charge in [-0.25, -0.2) is 8.42 Å². The Balaban J connectivity index is 1.48. The molecule has 144 valence electrons. The molecule has 6 heteroatoms. The summed E-state index contributed by atoms with van der Waals surface area (Å²) in [5, 5.41) is 8.83. The van der Waals surface area contributed by atoms with Gasteiger partial charge in [0.05, 0.1) is 17.1 Å². The van der Waals surface area contributed by atoms with Crippen LogP contribution in [-0.2, 0) is 27.5 Å². The van der Waals surface area contributed by atoms with E-state index in [1.807, 2.05) is 30.3 Å². The molecule has 0 spiro atoms. The van der Waals surface area contributed by atoms with Crippen molar-refractivity contribution < 1.29 is 18.3 Å². The van der Waals surface area contributed by atoms with Gasteiger partial charge in [-0.2, -0.15) is 0 Å². The molecule has 1 N–H and O–H groups in total. The summed E-state index contributed by atoms with van der Waals surface area (Å²) in [5.41, 5.74) is 2.01. The SMILES string of the molecule is O=C(O)Cc1ccc(CC2CCN(CCS(=O)(=O)c3ccccc3)C2)cc1. The fourth-order valence-corrected chi connectivity index (χ4v) is 4.88. The van der Waals surface area contributed by atoms with E-state index in [4.69, 9.17) is 5.11 Å². The van der Waals surface area contributed by atoms with Crippen LogP contribution >= 0.6 is 0 Å². The summed E-state index contributed by atoms with van der Waals surface area (Å²) in [5.74, 6) is -0.164. The van der Waals surface area contributed by atoms with Gasteiger partial charge in [0.1, 0.15) is 0 Å². The number of rotatable bonds is 8. The summed E-state index contributed by atoms with van der Waals surface area (Å²) in [6.07, 6.45) is 2.05. The van der Waals surface area contributed by atoms with E-state index >= 15 is 0 Å². The average molecular weight is 388 g/mol. The van der Waals surface area contributed by atoms with Gasteiger partial charge in [-0.15, -0.1) is 0 Å². The van der Waals surface area contributed by atoms with E-state index < -0.39 is 15.8 Å². The molecule has 1 aliphatic heterocycles. The highest BCUT2D eigenvalue weighted by molar-refractivity contribution is 7.91. The topological polar surface area (TPSA) is 74.7 Å². The van der Waals surface area contributed by atoms with Crippen LogP contribution in [0.5, 0.6) is 0 Å². The molecule has 1 saturated heterocycles. The second-order valence-electron chi connectivity index (χ2n) is 7.18. The van der Waals surface area contributed by atoms with Crippen molar-refractivity contribution in [2.75, 3.05) is 25.4 Å². The first-order chi connectivity index (χ1) is 12.9. The highest BCUT2D eigenvalue weighted by Crippen LogP contribution is 2.22. The van der Waals surface area contributed by atoms with Crippen molar-refractivity contribution in [2.45, 2.75) is 24.2 Å². The van der Waals surface area contributed by atoms with Crippen LogP contribution in [0.25, 0.3) is 0 Å². The number of carboxylic acid groups (broad SMARTS) is 1. The number of carboxylic acids is 1. The van der Waals surface area contributed by atoms with Crippen molar-refractivity contribution in [3.8, 4) is 0 Å². The van der Waals surface area contributed by atoms with E-state index in [0.717, 1.165) is 31.5 Å². The number of hydrogen-bond donors (Lipinski definition) is 1. The monoisotopic (exact) mass is 387 g/mol. The van der Waals surface area contributed by atoms with Crippen LogP contribution in [0.3, 0.4) is 0 Å². The summed E-state index contributed by atoms with van der Waals surface area (Å²) in [7, 11) is -3.23. The Hall–Kier alpha value is -2.18. The summed E-state index contributed by atoms with van der Waals surface area (Å²) < 4.78 is 24.8. The molecule has 27 heavy (non-hydrogen) atoms. The van der Waals surface area contributed by atoms with Gasteiger partial charge in [-0.05, 0) is 48.6 Å². The minimum Gasteiger partial charge on any atom is -0.481 e. The van der Waals surface area contributed by atoms with Gasteiger partial charge in [0.25, 0.3) is 0 Å². The first kappa shape index (κ1) is 19.6. The molecule has 2 aromatic rings. The first-order valence-corrected chi connectivity index (χ1v) is 10.9. The van der Waals surface area contributed by atoms with Gasteiger partial charge in [-0.1, -0.05) is 42.5 Å². The van der Waals surface area contributed by atoms with Gasteiger partial charge in [-0.3, -0.25) is 4.79 Å². The number of sulfone groups is 1. The number of likely N-dealkylation sites (tertiary alicyclic amines) is 1. The number of aliphatic carboxylic acids is 1. The van der Waals surface area contributed by atoms with Crippen molar-refractivity contribution in [3.05, 3.63) is 65.7 Å².